The Morgan fingerprint density at radius 2 is 1.71 bits per heavy atom. The Balaban J connectivity index is 3.58. The van der Waals surface area contributed by atoms with Crippen molar-refractivity contribution in [2.45, 2.75) is 0 Å². The minimum Gasteiger partial charge on any atom is -0.492 e. The smallest absolute Gasteiger partial charge is 0.205 e. The summed E-state index contributed by atoms with van der Waals surface area (Å²) >= 11 is 6.00. The molecule has 0 fully saturated rings. The quantitative estimate of drug-likeness (QED) is 0.600. The molecule has 0 spiro atoms. The first-order valence-electron chi connectivity index (χ1n) is 4.75. The van der Waals surface area contributed by atoms with Gasteiger partial charge in [0.25, 0.3) is 0 Å². The molecule has 0 aliphatic heterocycles. The van der Waals surface area contributed by atoms with Crippen molar-refractivity contribution in [3.8, 4) is 17.2 Å². The normalized spacial score (nSPS) is 9.65. The van der Waals surface area contributed by atoms with Gasteiger partial charge in [0.15, 0.2) is 17.3 Å². The van der Waals surface area contributed by atoms with Crippen LogP contribution in [0.25, 0.3) is 0 Å². The molecule has 0 aliphatic carbocycles. The molecule has 0 atom stereocenters. The average molecular weight is 257 g/mol. The fourth-order valence-electron chi connectivity index (χ4n) is 1.46. The van der Waals surface area contributed by atoms with Gasteiger partial charge in [-0.2, -0.15) is 0 Å². The molecule has 0 aromatic heterocycles. The zero-order valence-corrected chi connectivity index (χ0v) is 10.6. The molecule has 5 heteroatoms. The highest BCUT2D eigenvalue weighted by atomic mass is 35.5. The molecule has 17 heavy (non-hydrogen) atoms. The molecule has 0 unspecified atom stereocenters. The van der Waals surface area contributed by atoms with Gasteiger partial charge in [0.2, 0.25) is 5.75 Å². The van der Waals surface area contributed by atoms with E-state index in [4.69, 9.17) is 25.8 Å². The van der Waals surface area contributed by atoms with Crippen LogP contribution in [0.5, 0.6) is 17.2 Å². The Kier molecular flexibility index (Phi) is 4.40. The SMILES string of the molecule is C=CC(=O)c1cc(Cl)c(OC)c(OC)c1OC. The van der Waals surface area contributed by atoms with E-state index in [1.807, 2.05) is 0 Å². The molecule has 1 aromatic rings. The highest BCUT2D eigenvalue weighted by molar-refractivity contribution is 6.33. The lowest BCUT2D eigenvalue weighted by Gasteiger charge is -2.15. The van der Waals surface area contributed by atoms with Gasteiger partial charge in [0.05, 0.1) is 31.9 Å². The minimum atomic E-state index is -0.301. The molecule has 0 aliphatic rings. The van der Waals surface area contributed by atoms with E-state index in [2.05, 4.69) is 6.58 Å². The maximum Gasteiger partial charge on any atom is 0.205 e. The highest BCUT2D eigenvalue weighted by Crippen LogP contribution is 2.45. The van der Waals surface area contributed by atoms with Crippen LogP contribution in [0.3, 0.4) is 0 Å². The number of methoxy groups -OCH3 is 3. The van der Waals surface area contributed by atoms with Gasteiger partial charge in [-0.05, 0) is 12.1 Å². The van der Waals surface area contributed by atoms with Crippen LogP contribution in [0.15, 0.2) is 18.7 Å². The lowest BCUT2D eigenvalue weighted by Crippen LogP contribution is -2.03. The van der Waals surface area contributed by atoms with Crippen LogP contribution in [-0.2, 0) is 0 Å². The summed E-state index contributed by atoms with van der Waals surface area (Å²) in [6.07, 6.45) is 1.18. The van der Waals surface area contributed by atoms with Gasteiger partial charge in [-0.25, -0.2) is 0 Å². The van der Waals surface area contributed by atoms with Gasteiger partial charge in [-0.1, -0.05) is 18.2 Å². The third kappa shape index (κ3) is 2.36. The van der Waals surface area contributed by atoms with Crippen LogP contribution < -0.4 is 14.2 Å². The van der Waals surface area contributed by atoms with Crippen LogP contribution in [0.1, 0.15) is 10.4 Å². The third-order valence-corrected chi connectivity index (χ3v) is 2.49. The number of halogens is 1. The summed E-state index contributed by atoms with van der Waals surface area (Å²) in [5, 5.41) is 0.273. The largest absolute Gasteiger partial charge is 0.492 e. The van der Waals surface area contributed by atoms with Crippen LogP contribution in [0, 0.1) is 0 Å². The summed E-state index contributed by atoms with van der Waals surface area (Å²) in [5.41, 5.74) is 0.283. The van der Waals surface area contributed by atoms with Crippen molar-refractivity contribution in [3.63, 3.8) is 0 Å². The Labute approximate surface area is 105 Å². The molecule has 0 heterocycles. The topological polar surface area (TPSA) is 44.8 Å². The van der Waals surface area contributed by atoms with Crippen LogP contribution in [-0.4, -0.2) is 27.1 Å². The van der Waals surface area contributed by atoms with Crippen molar-refractivity contribution >= 4 is 17.4 Å². The second-order valence-corrected chi connectivity index (χ2v) is 3.48. The monoisotopic (exact) mass is 256 g/mol. The van der Waals surface area contributed by atoms with E-state index in [1.165, 1.54) is 33.5 Å². The van der Waals surface area contributed by atoms with Crippen molar-refractivity contribution in [3.05, 3.63) is 29.3 Å². The van der Waals surface area contributed by atoms with Crippen molar-refractivity contribution in [2.75, 3.05) is 21.3 Å². The highest BCUT2D eigenvalue weighted by Gasteiger charge is 2.22. The Hall–Kier alpha value is -1.68. The third-order valence-electron chi connectivity index (χ3n) is 2.21. The number of hydrogen-bond acceptors (Lipinski definition) is 4. The van der Waals surface area contributed by atoms with E-state index in [1.54, 1.807) is 0 Å². The first-order valence-corrected chi connectivity index (χ1v) is 5.13. The Bertz CT molecular complexity index is 454. The zero-order chi connectivity index (χ0) is 13.0. The molecule has 0 amide bonds. The van der Waals surface area contributed by atoms with Crippen molar-refractivity contribution in [1.29, 1.82) is 0 Å². The van der Waals surface area contributed by atoms with E-state index < -0.39 is 0 Å². The number of rotatable bonds is 5. The standard InChI is InChI=1S/C12H13ClO4/c1-5-9(14)7-6-8(13)11(16-3)12(17-4)10(7)15-2/h5-6H,1H2,2-4H3. The molecule has 1 aromatic carbocycles. The van der Waals surface area contributed by atoms with Crippen molar-refractivity contribution in [2.24, 2.45) is 0 Å². The number of allylic oxidation sites excluding steroid dienone is 1. The number of hydrogen-bond donors (Lipinski definition) is 0. The Morgan fingerprint density at radius 1 is 1.18 bits per heavy atom. The lowest BCUT2D eigenvalue weighted by molar-refractivity contribution is 0.104. The summed E-state index contributed by atoms with van der Waals surface area (Å²) in [6, 6.07) is 1.46. The second kappa shape index (κ2) is 5.59. The van der Waals surface area contributed by atoms with Crippen molar-refractivity contribution in [1.82, 2.24) is 0 Å². The number of benzene rings is 1. The van der Waals surface area contributed by atoms with Gasteiger partial charge in [0, 0.05) is 0 Å². The predicted molar refractivity (Wildman–Crippen MR) is 65.6 cm³/mol. The van der Waals surface area contributed by atoms with Gasteiger partial charge in [-0.15, -0.1) is 0 Å². The molecule has 92 valence electrons. The predicted octanol–water partition coefficient (Wildman–Crippen LogP) is 2.73. The molecule has 4 nitrogen and oxygen atoms in total. The fourth-order valence-corrected chi connectivity index (χ4v) is 1.74. The van der Waals surface area contributed by atoms with E-state index in [0.717, 1.165) is 0 Å². The average Bonchev–Trinajstić information content (AvgIpc) is 2.36. The van der Waals surface area contributed by atoms with Crippen molar-refractivity contribution < 1.29 is 19.0 Å². The number of ketones is 1. The maximum atomic E-state index is 11.7. The van der Waals surface area contributed by atoms with E-state index in [0.29, 0.717) is 5.75 Å². The van der Waals surface area contributed by atoms with Crippen LogP contribution in [0.4, 0.5) is 0 Å². The van der Waals surface area contributed by atoms with Gasteiger partial charge < -0.3 is 14.2 Å². The lowest BCUT2D eigenvalue weighted by atomic mass is 10.1. The molecule has 0 N–H and O–H groups in total. The van der Waals surface area contributed by atoms with Crippen LogP contribution in [0.2, 0.25) is 5.02 Å². The second-order valence-electron chi connectivity index (χ2n) is 3.07. The summed E-state index contributed by atoms with van der Waals surface area (Å²) < 4.78 is 15.4. The number of carbonyl (C=O) groups excluding carboxylic acids is 1. The first-order chi connectivity index (χ1) is 8.10. The maximum absolute atomic E-state index is 11.7. The van der Waals surface area contributed by atoms with Gasteiger partial charge in [-0.3, -0.25) is 4.79 Å². The molecule has 1 rings (SSSR count). The molecule has 0 bridgehead atoms. The molecular formula is C12H13ClO4. The van der Waals surface area contributed by atoms with Gasteiger partial charge in [0.1, 0.15) is 0 Å². The van der Waals surface area contributed by atoms with E-state index >= 15 is 0 Å². The van der Waals surface area contributed by atoms with E-state index in [9.17, 15) is 4.79 Å². The van der Waals surface area contributed by atoms with Gasteiger partial charge >= 0.3 is 0 Å². The first kappa shape index (κ1) is 13.4. The molecule has 0 saturated heterocycles. The summed E-state index contributed by atoms with van der Waals surface area (Å²) in [6.45, 7) is 3.42. The minimum absolute atomic E-state index is 0.273. The number of ether oxygens (including phenoxy) is 3. The van der Waals surface area contributed by atoms with Crippen LogP contribution >= 0.6 is 11.6 Å². The molecule has 0 radical (unpaired) electrons. The summed E-state index contributed by atoms with van der Waals surface area (Å²) in [7, 11) is 4.34. The zero-order valence-electron chi connectivity index (χ0n) is 9.87. The summed E-state index contributed by atoms with van der Waals surface area (Å²) in [5.74, 6) is 0.586. The number of carbonyl (C=O) groups is 1. The Morgan fingerprint density at radius 3 is 2.12 bits per heavy atom. The molecule has 0 saturated carbocycles. The fraction of sp³-hybridized carbons (Fsp3) is 0.250. The summed E-state index contributed by atoms with van der Waals surface area (Å²) in [4.78, 5) is 11.7. The molecular weight excluding hydrogens is 244 g/mol. The van der Waals surface area contributed by atoms with E-state index in [-0.39, 0.29) is 27.9 Å².